The topological polar surface area (TPSA) is 16.4 Å². The van der Waals surface area contributed by atoms with Crippen LogP contribution >= 0.6 is 0 Å². The van der Waals surface area contributed by atoms with Crippen LogP contribution in [-0.2, 0) is 0 Å². The van der Waals surface area contributed by atoms with E-state index in [2.05, 4.69) is 241 Å². The summed E-state index contributed by atoms with van der Waals surface area (Å²) in [5, 5.41) is 12.4. The molecule has 0 aliphatic heterocycles. The summed E-state index contributed by atoms with van der Waals surface area (Å²) < 4.78 is 6.34. The summed E-state index contributed by atoms with van der Waals surface area (Å²) >= 11 is 0. The van der Waals surface area contributed by atoms with Gasteiger partial charge < -0.3 is 9.32 Å². The Bertz CT molecular complexity index is 3990. The fraction of sp³-hybridized carbons (Fsp3) is 0. The first-order chi connectivity index (χ1) is 32.7. The predicted molar refractivity (Wildman–Crippen MR) is 280 cm³/mol. The van der Waals surface area contributed by atoms with Gasteiger partial charge in [-0.05, 0) is 142 Å². The molecule has 0 amide bonds. The van der Waals surface area contributed by atoms with E-state index < -0.39 is 0 Å². The second-order valence-corrected chi connectivity index (χ2v) is 17.2. The Labute approximate surface area is 382 Å². The van der Waals surface area contributed by atoms with Gasteiger partial charge in [0.15, 0.2) is 0 Å². The maximum Gasteiger partial charge on any atom is 0.136 e. The Morgan fingerprint density at radius 1 is 0.242 bits per heavy atom. The maximum atomic E-state index is 6.34. The largest absolute Gasteiger partial charge is 0.456 e. The number of furan rings is 1. The summed E-state index contributed by atoms with van der Waals surface area (Å²) in [6, 6.07) is 90.3. The Morgan fingerprint density at radius 2 is 0.727 bits per heavy atom. The van der Waals surface area contributed by atoms with Crippen LogP contribution in [0.1, 0.15) is 0 Å². The Kier molecular flexibility index (Phi) is 8.89. The fourth-order valence-electron chi connectivity index (χ4n) is 10.2. The molecule has 308 valence electrons. The lowest BCUT2D eigenvalue weighted by Crippen LogP contribution is -2.10. The lowest BCUT2D eigenvalue weighted by Gasteiger charge is -2.27. The molecule has 0 spiro atoms. The molecule has 1 aromatic heterocycles. The molecule has 12 aromatic carbocycles. The number of nitrogens with zero attached hydrogens (tertiary/aromatic N) is 1. The molecular formula is C64H41NO. The number of para-hydroxylation sites is 1. The second kappa shape index (κ2) is 15.5. The van der Waals surface area contributed by atoms with Crippen molar-refractivity contribution in [3.05, 3.63) is 249 Å². The highest BCUT2D eigenvalue weighted by atomic mass is 16.3. The average Bonchev–Trinajstić information content (AvgIpc) is 3.78. The smallest absolute Gasteiger partial charge is 0.136 e. The van der Waals surface area contributed by atoms with Crippen LogP contribution in [0.2, 0.25) is 0 Å². The molecule has 0 aliphatic carbocycles. The first kappa shape index (κ1) is 37.8. The molecule has 0 radical (unpaired) electrons. The van der Waals surface area contributed by atoms with Gasteiger partial charge in [0.05, 0.1) is 0 Å². The number of rotatable bonds is 7. The van der Waals surface area contributed by atoms with Crippen molar-refractivity contribution in [1.29, 1.82) is 0 Å². The van der Waals surface area contributed by atoms with Crippen molar-refractivity contribution in [3.8, 4) is 44.5 Å². The minimum Gasteiger partial charge on any atom is -0.456 e. The van der Waals surface area contributed by atoms with E-state index in [1.807, 2.05) is 12.1 Å². The molecule has 13 rings (SSSR count). The van der Waals surface area contributed by atoms with Gasteiger partial charge in [0.25, 0.3) is 0 Å². The Hall–Kier alpha value is -8.72. The van der Waals surface area contributed by atoms with Gasteiger partial charge in [-0.3, -0.25) is 0 Å². The highest BCUT2D eigenvalue weighted by molar-refractivity contribution is 6.14. The van der Waals surface area contributed by atoms with Crippen molar-refractivity contribution >= 4 is 82.1 Å². The van der Waals surface area contributed by atoms with Crippen LogP contribution in [0.25, 0.3) is 110 Å². The Balaban J connectivity index is 0.903. The van der Waals surface area contributed by atoms with Crippen LogP contribution < -0.4 is 4.90 Å². The monoisotopic (exact) mass is 839 g/mol. The van der Waals surface area contributed by atoms with E-state index >= 15 is 0 Å². The van der Waals surface area contributed by atoms with E-state index in [1.54, 1.807) is 0 Å². The summed E-state index contributed by atoms with van der Waals surface area (Å²) in [5.74, 6) is 0. The van der Waals surface area contributed by atoms with Crippen molar-refractivity contribution in [2.45, 2.75) is 0 Å². The van der Waals surface area contributed by atoms with Crippen LogP contribution in [0.3, 0.4) is 0 Å². The molecule has 0 N–H and O–H groups in total. The third-order valence-electron chi connectivity index (χ3n) is 13.4. The third-order valence-corrected chi connectivity index (χ3v) is 13.4. The summed E-state index contributed by atoms with van der Waals surface area (Å²) in [4.78, 5) is 2.39. The molecule has 13 aromatic rings. The zero-order chi connectivity index (χ0) is 43.6. The van der Waals surface area contributed by atoms with E-state index in [0.717, 1.165) is 50.1 Å². The molecule has 66 heavy (non-hydrogen) atoms. The van der Waals surface area contributed by atoms with Crippen molar-refractivity contribution in [3.63, 3.8) is 0 Å². The molecule has 0 bridgehead atoms. The number of fused-ring (bicyclic) bond motifs is 9. The molecule has 0 aliphatic rings. The zero-order valence-corrected chi connectivity index (χ0v) is 36.0. The van der Waals surface area contributed by atoms with Crippen LogP contribution in [0.4, 0.5) is 17.1 Å². The van der Waals surface area contributed by atoms with Gasteiger partial charge in [-0.2, -0.15) is 0 Å². The first-order valence-corrected chi connectivity index (χ1v) is 22.6. The zero-order valence-electron chi connectivity index (χ0n) is 36.0. The van der Waals surface area contributed by atoms with Gasteiger partial charge in [-0.25, -0.2) is 0 Å². The van der Waals surface area contributed by atoms with Crippen LogP contribution in [0, 0.1) is 0 Å². The molecule has 2 heteroatoms. The van der Waals surface area contributed by atoms with Gasteiger partial charge in [0.2, 0.25) is 0 Å². The Morgan fingerprint density at radius 3 is 1.45 bits per heavy atom. The van der Waals surface area contributed by atoms with E-state index in [9.17, 15) is 0 Å². The highest BCUT2D eigenvalue weighted by Gasteiger charge is 2.18. The molecule has 0 saturated heterocycles. The lowest BCUT2D eigenvalue weighted by atomic mass is 9.94. The minimum absolute atomic E-state index is 0.890. The van der Waals surface area contributed by atoms with Crippen molar-refractivity contribution in [2.24, 2.45) is 0 Å². The van der Waals surface area contributed by atoms with Crippen molar-refractivity contribution in [2.75, 3.05) is 4.90 Å². The lowest BCUT2D eigenvalue weighted by molar-refractivity contribution is 0.669. The third kappa shape index (κ3) is 6.42. The molecule has 0 fully saturated rings. The van der Waals surface area contributed by atoms with Crippen LogP contribution in [0.5, 0.6) is 0 Å². The van der Waals surface area contributed by atoms with Gasteiger partial charge in [-0.15, -0.1) is 0 Å². The van der Waals surface area contributed by atoms with Gasteiger partial charge in [0, 0.05) is 27.8 Å². The van der Waals surface area contributed by atoms with Gasteiger partial charge in [-0.1, -0.05) is 194 Å². The SMILES string of the molecule is c1cc(-c2cccc3c2ccc2ccccc23)cc(N(c2ccc(-c3ccc(-c4ccc5ccc6ccccc6c5c4)cc3)cc2)c2cccc(-c3cccc4oc5ccccc5c34)c2)c1. The van der Waals surface area contributed by atoms with Crippen LogP contribution in [-0.4, -0.2) is 0 Å². The molecule has 2 nitrogen and oxygen atoms in total. The van der Waals surface area contributed by atoms with E-state index in [1.165, 1.54) is 76.5 Å². The standard InChI is InChI=1S/C64H41NO/c1-3-17-54-46(12-1)35-38-59-56(20-9-22-58(54)59)49-13-7-15-52(39-49)65(53-16-8-14-50(40-53)57-21-10-24-63-64(57)60-19-5-6-23-62(60)66-63)51-36-33-43(34-37-51)42-25-27-44(28-26-42)48-32-31-47-30-29-45-11-2-4-18-55(45)61(47)41-48/h1-41H. The van der Waals surface area contributed by atoms with E-state index in [-0.39, 0.29) is 0 Å². The highest BCUT2D eigenvalue weighted by Crippen LogP contribution is 2.43. The molecule has 0 saturated carbocycles. The number of anilines is 3. The second-order valence-electron chi connectivity index (χ2n) is 17.2. The summed E-state index contributed by atoms with van der Waals surface area (Å²) in [7, 11) is 0. The average molecular weight is 840 g/mol. The minimum atomic E-state index is 0.890. The van der Waals surface area contributed by atoms with Gasteiger partial charge in [0.1, 0.15) is 11.2 Å². The molecular weight excluding hydrogens is 799 g/mol. The van der Waals surface area contributed by atoms with Crippen molar-refractivity contribution < 1.29 is 4.42 Å². The predicted octanol–water partition coefficient (Wildman–Crippen LogP) is 18.3. The molecule has 0 unspecified atom stereocenters. The van der Waals surface area contributed by atoms with Gasteiger partial charge >= 0.3 is 0 Å². The quantitative estimate of drug-likeness (QED) is 0.149. The number of hydrogen-bond donors (Lipinski definition) is 0. The first-order valence-electron chi connectivity index (χ1n) is 22.6. The number of benzene rings is 12. The number of hydrogen-bond acceptors (Lipinski definition) is 2. The summed E-state index contributed by atoms with van der Waals surface area (Å²) in [5.41, 5.74) is 14.4. The maximum absolute atomic E-state index is 6.34. The van der Waals surface area contributed by atoms with Crippen molar-refractivity contribution in [1.82, 2.24) is 0 Å². The van der Waals surface area contributed by atoms with Crippen LogP contribution in [0.15, 0.2) is 253 Å². The van der Waals surface area contributed by atoms with E-state index in [4.69, 9.17) is 4.42 Å². The summed E-state index contributed by atoms with van der Waals surface area (Å²) in [6.45, 7) is 0. The molecule has 1 heterocycles. The fourth-order valence-corrected chi connectivity index (χ4v) is 10.2. The normalized spacial score (nSPS) is 11.6. The van der Waals surface area contributed by atoms with E-state index in [0.29, 0.717) is 0 Å². The molecule has 0 atom stereocenters. The summed E-state index contributed by atoms with van der Waals surface area (Å²) in [6.07, 6.45) is 0.